The largest absolute Gasteiger partial charge is 0.372 e. The average molecular weight is 211 g/mol. The molecule has 0 saturated carbocycles. The molecule has 5 heteroatoms. The van der Waals surface area contributed by atoms with E-state index in [4.69, 9.17) is 5.26 Å². The fourth-order valence-corrected chi connectivity index (χ4v) is 1.27. The number of aromatic nitrogens is 3. The summed E-state index contributed by atoms with van der Waals surface area (Å²) in [6.07, 6.45) is 3.17. The zero-order chi connectivity index (χ0) is 11.4. The summed E-state index contributed by atoms with van der Waals surface area (Å²) in [6.45, 7) is 0. The summed E-state index contributed by atoms with van der Waals surface area (Å²) in [7, 11) is 1.71. The van der Waals surface area contributed by atoms with E-state index in [0.717, 1.165) is 0 Å². The number of hydrogen-bond donors (Lipinski definition) is 1. The predicted octanol–water partition coefficient (Wildman–Crippen LogP) is 1.45. The molecule has 0 unspecified atom stereocenters. The summed E-state index contributed by atoms with van der Waals surface area (Å²) in [5, 5.41) is 11.7. The Morgan fingerprint density at radius 2 is 2.19 bits per heavy atom. The molecule has 0 aliphatic heterocycles. The molecule has 78 valence electrons. The second kappa shape index (κ2) is 4.36. The van der Waals surface area contributed by atoms with E-state index in [1.807, 2.05) is 24.3 Å². The van der Waals surface area contributed by atoms with E-state index in [2.05, 4.69) is 20.3 Å². The van der Waals surface area contributed by atoms with E-state index in [0.29, 0.717) is 22.9 Å². The molecule has 0 amide bonds. The number of nitrogens with zero attached hydrogens (tertiary/aromatic N) is 4. The van der Waals surface area contributed by atoms with Crippen molar-refractivity contribution >= 4 is 5.82 Å². The summed E-state index contributed by atoms with van der Waals surface area (Å²) in [6, 6.07) is 7.53. The molecule has 5 nitrogen and oxygen atoms in total. The van der Waals surface area contributed by atoms with Crippen molar-refractivity contribution in [3.05, 3.63) is 36.2 Å². The predicted molar refractivity (Wildman–Crippen MR) is 59.5 cm³/mol. The molecule has 2 aromatic rings. The maximum atomic E-state index is 8.83. The van der Waals surface area contributed by atoms with Crippen molar-refractivity contribution < 1.29 is 0 Å². The molecule has 0 bridgehead atoms. The lowest BCUT2D eigenvalue weighted by atomic mass is 10.3. The molecule has 16 heavy (non-hydrogen) atoms. The molecule has 0 aromatic carbocycles. The van der Waals surface area contributed by atoms with Gasteiger partial charge in [-0.05, 0) is 12.1 Å². The second-order valence-corrected chi connectivity index (χ2v) is 3.03. The molecular formula is C11H9N5. The summed E-state index contributed by atoms with van der Waals surface area (Å²) < 4.78 is 0. The third-order valence-corrected chi connectivity index (χ3v) is 2.04. The highest BCUT2D eigenvalue weighted by atomic mass is 15.0. The van der Waals surface area contributed by atoms with Crippen molar-refractivity contribution in [2.75, 3.05) is 12.4 Å². The van der Waals surface area contributed by atoms with Gasteiger partial charge in [0.05, 0.1) is 6.20 Å². The van der Waals surface area contributed by atoms with Crippen LogP contribution in [0.25, 0.3) is 11.5 Å². The topological polar surface area (TPSA) is 74.5 Å². The Hall–Kier alpha value is -2.48. The van der Waals surface area contributed by atoms with Gasteiger partial charge in [-0.2, -0.15) is 5.26 Å². The molecule has 2 aromatic heterocycles. The third kappa shape index (κ3) is 1.81. The Morgan fingerprint density at radius 3 is 2.81 bits per heavy atom. The monoisotopic (exact) mass is 211 g/mol. The molecule has 0 atom stereocenters. The van der Waals surface area contributed by atoms with Crippen LogP contribution in [0.5, 0.6) is 0 Å². The minimum atomic E-state index is 0.419. The average Bonchev–Trinajstić information content (AvgIpc) is 2.39. The number of nitrogens with one attached hydrogen (secondary N) is 1. The standard InChI is InChI=1S/C11H9N5/c1-13-10-8(6-12)7-15-11(16-10)9-4-2-3-5-14-9/h2-5,7H,1H3,(H,13,15,16). The van der Waals surface area contributed by atoms with E-state index in [1.165, 1.54) is 6.20 Å². The van der Waals surface area contributed by atoms with Crippen LogP contribution in [-0.2, 0) is 0 Å². The van der Waals surface area contributed by atoms with Gasteiger partial charge in [0.25, 0.3) is 0 Å². The minimum Gasteiger partial charge on any atom is -0.372 e. The van der Waals surface area contributed by atoms with Gasteiger partial charge in [-0.15, -0.1) is 0 Å². The van der Waals surface area contributed by atoms with Crippen molar-refractivity contribution in [1.29, 1.82) is 5.26 Å². The maximum Gasteiger partial charge on any atom is 0.180 e. The Morgan fingerprint density at radius 1 is 1.31 bits per heavy atom. The van der Waals surface area contributed by atoms with Gasteiger partial charge in [0.15, 0.2) is 5.82 Å². The summed E-state index contributed by atoms with van der Waals surface area (Å²) in [5.41, 5.74) is 1.10. The van der Waals surface area contributed by atoms with Gasteiger partial charge in [0.1, 0.15) is 23.1 Å². The van der Waals surface area contributed by atoms with Crippen LogP contribution in [0, 0.1) is 11.3 Å². The van der Waals surface area contributed by atoms with Crippen molar-refractivity contribution in [2.45, 2.75) is 0 Å². The van der Waals surface area contributed by atoms with E-state index >= 15 is 0 Å². The molecule has 0 aliphatic carbocycles. The van der Waals surface area contributed by atoms with Gasteiger partial charge in [-0.25, -0.2) is 9.97 Å². The lowest BCUT2D eigenvalue weighted by Crippen LogP contribution is -2.00. The number of pyridine rings is 1. The third-order valence-electron chi connectivity index (χ3n) is 2.04. The quantitative estimate of drug-likeness (QED) is 0.813. The van der Waals surface area contributed by atoms with E-state index in [9.17, 15) is 0 Å². The summed E-state index contributed by atoms with van der Waals surface area (Å²) >= 11 is 0. The summed E-state index contributed by atoms with van der Waals surface area (Å²) in [4.78, 5) is 12.5. The van der Waals surface area contributed by atoms with Gasteiger partial charge < -0.3 is 5.32 Å². The van der Waals surface area contributed by atoms with Gasteiger partial charge in [0.2, 0.25) is 0 Å². The van der Waals surface area contributed by atoms with Crippen molar-refractivity contribution in [3.8, 4) is 17.6 Å². The van der Waals surface area contributed by atoms with Gasteiger partial charge in [0, 0.05) is 13.2 Å². The Balaban J connectivity index is 2.49. The van der Waals surface area contributed by atoms with Crippen LogP contribution >= 0.6 is 0 Å². The van der Waals surface area contributed by atoms with Gasteiger partial charge in [-0.1, -0.05) is 6.07 Å². The van der Waals surface area contributed by atoms with Crippen LogP contribution in [-0.4, -0.2) is 22.0 Å². The molecule has 1 N–H and O–H groups in total. The first-order valence-electron chi connectivity index (χ1n) is 4.71. The van der Waals surface area contributed by atoms with Crippen LogP contribution in [0.4, 0.5) is 5.82 Å². The highest BCUT2D eigenvalue weighted by Crippen LogP contribution is 2.15. The molecular weight excluding hydrogens is 202 g/mol. The van der Waals surface area contributed by atoms with Crippen molar-refractivity contribution in [2.24, 2.45) is 0 Å². The zero-order valence-corrected chi connectivity index (χ0v) is 8.68. The molecule has 2 rings (SSSR count). The zero-order valence-electron chi connectivity index (χ0n) is 8.68. The Labute approximate surface area is 92.8 Å². The second-order valence-electron chi connectivity index (χ2n) is 3.03. The number of rotatable bonds is 2. The van der Waals surface area contributed by atoms with Crippen molar-refractivity contribution in [1.82, 2.24) is 15.0 Å². The number of hydrogen-bond acceptors (Lipinski definition) is 5. The summed E-state index contributed by atoms with van der Waals surface area (Å²) in [5.74, 6) is 1.02. The molecule has 0 spiro atoms. The van der Waals surface area contributed by atoms with E-state index in [1.54, 1.807) is 13.2 Å². The van der Waals surface area contributed by atoms with Crippen LogP contribution in [0.1, 0.15) is 5.56 Å². The van der Waals surface area contributed by atoms with Crippen LogP contribution in [0.15, 0.2) is 30.6 Å². The lowest BCUT2D eigenvalue weighted by molar-refractivity contribution is 1.12. The fourth-order valence-electron chi connectivity index (χ4n) is 1.27. The van der Waals surface area contributed by atoms with Crippen molar-refractivity contribution in [3.63, 3.8) is 0 Å². The molecule has 2 heterocycles. The maximum absolute atomic E-state index is 8.83. The van der Waals surface area contributed by atoms with E-state index in [-0.39, 0.29) is 0 Å². The van der Waals surface area contributed by atoms with Crippen LogP contribution in [0.2, 0.25) is 0 Å². The normalized spacial score (nSPS) is 9.50. The van der Waals surface area contributed by atoms with E-state index < -0.39 is 0 Å². The highest BCUT2D eigenvalue weighted by Gasteiger charge is 2.07. The Kier molecular flexibility index (Phi) is 2.74. The first kappa shape index (κ1) is 10.1. The fraction of sp³-hybridized carbons (Fsp3) is 0.0909. The first-order valence-corrected chi connectivity index (χ1v) is 4.71. The number of nitriles is 1. The van der Waals surface area contributed by atoms with Crippen LogP contribution in [0.3, 0.4) is 0 Å². The molecule has 0 fully saturated rings. The van der Waals surface area contributed by atoms with Crippen LogP contribution < -0.4 is 5.32 Å². The Bertz CT molecular complexity index is 530. The molecule has 0 radical (unpaired) electrons. The van der Waals surface area contributed by atoms with Gasteiger partial charge >= 0.3 is 0 Å². The molecule has 0 saturated heterocycles. The SMILES string of the molecule is CNc1nc(-c2ccccn2)ncc1C#N. The number of anilines is 1. The minimum absolute atomic E-state index is 0.419. The highest BCUT2D eigenvalue weighted by molar-refractivity contribution is 5.57. The lowest BCUT2D eigenvalue weighted by Gasteiger charge is -2.03. The first-order chi connectivity index (χ1) is 7.85. The smallest absolute Gasteiger partial charge is 0.180 e. The van der Waals surface area contributed by atoms with Gasteiger partial charge in [-0.3, -0.25) is 4.98 Å². The molecule has 0 aliphatic rings.